The molecule has 0 aliphatic heterocycles. The topological polar surface area (TPSA) is 74.3 Å². The molecule has 0 saturated heterocycles. The van der Waals surface area contributed by atoms with Crippen LogP contribution in [0.25, 0.3) is 5.65 Å². The predicted molar refractivity (Wildman–Crippen MR) is 79.6 cm³/mol. The highest BCUT2D eigenvalue weighted by molar-refractivity contribution is 5.87. The van der Waals surface area contributed by atoms with Crippen molar-refractivity contribution in [3.05, 3.63) is 47.7 Å². The fourth-order valence-electron chi connectivity index (χ4n) is 2.34. The number of esters is 1. The molecule has 0 fully saturated rings. The maximum Gasteiger partial charge on any atom is 0.357 e. The first kappa shape index (κ1) is 14.2. The Kier molecular flexibility index (Phi) is 3.86. The summed E-state index contributed by atoms with van der Waals surface area (Å²) in [5, 5.41) is 8.42. The number of ether oxygens (including phenoxy) is 1. The number of hydrogen-bond donors (Lipinski definition) is 0. The summed E-state index contributed by atoms with van der Waals surface area (Å²) in [4.78, 5) is 16.2. The van der Waals surface area contributed by atoms with E-state index in [-0.39, 0.29) is 0 Å². The number of aryl methyl sites for hydroxylation is 3. The van der Waals surface area contributed by atoms with Crippen LogP contribution in [-0.2, 0) is 24.6 Å². The van der Waals surface area contributed by atoms with Gasteiger partial charge in [-0.25, -0.2) is 14.3 Å². The molecule has 7 heteroatoms. The number of nitrogens with zero attached hydrogens (tertiary/aromatic N) is 5. The number of carbonyl (C=O) groups is 1. The molecule has 0 aromatic carbocycles. The molecule has 0 spiro atoms. The first-order valence-electron chi connectivity index (χ1n) is 7.15. The normalized spacial score (nSPS) is 11.0. The average Bonchev–Trinajstić information content (AvgIpc) is 3.13. The summed E-state index contributed by atoms with van der Waals surface area (Å²) in [5.41, 5.74) is 3.02. The fourth-order valence-corrected chi connectivity index (χ4v) is 2.34. The second-order valence-electron chi connectivity index (χ2n) is 4.98. The van der Waals surface area contributed by atoms with Gasteiger partial charge in [0.15, 0.2) is 11.3 Å². The number of aromatic nitrogens is 5. The third-order valence-electron chi connectivity index (χ3n) is 3.35. The molecule has 0 saturated carbocycles. The van der Waals surface area contributed by atoms with Gasteiger partial charge in [-0.2, -0.15) is 10.2 Å². The van der Waals surface area contributed by atoms with Crippen LogP contribution in [0.2, 0.25) is 0 Å². The number of fused-ring (bicyclic) bond motifs is 1. The minimum absolute atomic E-state index is 0.316. The van der Waals surface area contributed by atoms with Crippen LogP contribution in [0.1, 0.15) is 28.7 Å². The third kappa shape index (κ3) is 2.83. The van der Waals surface area contributed by atoms with Crippen LogP contribution in [0, 0.1) is 0 Å². The van der Waals surface area contributed by atoms with E-state index in [1.807, 2.05) is 19.4 Å². The van der Waals surface area contributed by atoms with E-state index in [0.29, 0.717) is 17.9 Å². The van der Waals surface area contributed by atoms with Crippen molar-refractivity contribution in [2.24, 2.45) is 7.05 Å². The van der Waals surface area contributed by atoms with E-state index in [1.54, 1.807) is 34.5 Å². The summed E-state index contributed by atoms with van der Waals surface area (Å²) in [6.07, 6.45) is 7.04. The first-order chi connectivity index (χ1) is 10.7. The Labute approximate surface area is 127 Å². The highest BCUT2D eigenvalue weighted by Crippen LogP contribution is 2.12. The highest BCUT2D eigenvalue weighted by atomic mass is 16.5. The largest absolute Gasteiger partial charge is 0.461 e. The Morgan fingerprint density at radius 1 is 1.32 bits per heavy atom. The Bertz CT molecular complexity index is 805. The van der Waals surface area contributed by atoms with Crippen LogP contribution in [0.5, 0.6) is 0 Å². The van der Waals surface area contributed by atoms with Gasteiger partial charge in [0.2, 0.25) is 0 Å². The molecule has 0 aliphatic rings. The molecule has 22 heavy (non-hydrogen) atoms. The molecule has 114 valence electrons. The van der Waals surface area contributed by atoms with Gasteiger partial charge in [0.05, 0.1) is 19.0 Å². The van der Waals surface area contributed by atoms with Crippen molar-refractivity contribution in [2.45, 2.75) is 19.8 Å². The van der Waals surface area contributed by atoms with Gasteiger partial charge in [-0.3, -0.25) is 4.68 Å². The monoisotopic (exact) mass is 299 g/mol. The van der Waals surface area contributed by atoms with Gasteiger partial charge in [-0.1, -0.05) is 0 Å². The van der Waals surface area contributed by atoms with Crippen molar-refractivity contribution in [3.8, 4) is 0 Å². The van der Waals surface area contributed by atoms with Gasteiger partial charge in [0, 0.05) is 25.0 Å². The third-order valence-corrected chi connectivity index (χ3v) is 3.35. The molecule has 0 radical (unpaired) electrons. The van der Waals surface area contributed by atoms with Crippen LogP contribution >= 0.6 is 0 Å². The Balaban J connectivity index is 1.89. The summed E-state index contributed by atoms with van der Waals surface area (Å²) in [7, 11) is 1.89. The highest BCUT2D eigenvalue weighted by Gasteiger charge is 2.13. The lowest BCUT2D eigenvalue weighted by Crippen LogP contribution is -2.11. The van der Waals surface area contributed by atoms with E-state index < -0.39 is 5.97 Å². The zero-order valence-corrected chi connectivity index (χ0v) is 12.6. The Morgan fingerprint density at radius 3 is 2.91 bits per heavy atom. The molecule has 3 aromatic rings. The van der Waals surface area contributed by atoms with Crippen LogP contribution < -0.4 is 0 Å². The van der Waals surface area contributed by atoms with Gasteiger partial charge in [0.25, 0.3) is 0 Å². The second-order valence-corrected chi connectivity index (χ2v) is 4.98. The van der Waals surface area contributed by atoms with Crippen LogP contribution in [-0.4, -0.2) is 37.0 Å². The number of rotatable bonds is 5. The van der Waals surface area contributed by atoms with E-state index in [9.17, 15) is 4.79 Å². The van der Waals surface area contributed by atoms with Crippen molar-refractivity contribution in [1.29, 1.82) is 0 Å². The zero-order chi connectivity index (χ0) is 15.5. The minimum atomic E-state index is -0.408. The van der Waals surface area contributed by atoms with E-state index in [1.165, 1.54) is 0 Å². The molecular formula is C15H17N5O2. The molecule has 3 rings (SSSR count). The molecule has 0 bridgehead atoms. The number of hydrogen-bond acceptors (Lipinski definition) is 5. The molecule has 0 aliphatic carbocycles. The van der Waals surface area contributed by atoms with E-state index in [0.717, 1.165) is 24.1 Å². The summed E-state index contributed by atoms with van der Waals surface area (Å²) < 4.78 is 8.55. The zero-order valence-electron chi connectivity index (χ0n) is 12.6. The van der Waals surface area contributed by atoms with E-state index >= 15 is 0 Å². The van der Waals surface area contributed by atoms with Crippen LogP contribution in [0.15, 0.2) is 30.7 Å². The lowest BCUT2D eigenvalue weighted by atomic mass is 10.1. The van der Waals surface area contributed by atoms with E-state index in [4.69, 9.17) is 4.74 Å². The first-order valence-corrected chi connectivity index (χ1v) is 7.15. The van der Waals surface area contributed by atoms with Crippen LogP contribution in [0.4, 0.5) is 0 Å². The molecule has 0 N–H and O–H groups in total. The van der Waals surface area contributed by atoms with Gasteiger partial charge < -0.3 is 4.74 Å². The average molecular weight is 299 g/mol. The minimum Gasteiger partial charge on any atom is -0.461 e. The van der Waals surface area contributed by atoms with Crippen molar-refractivity contribution in [3.63, 3.8) is 0 Å². The standard InChI is InChI=1S/C15H17N5O2/c1-3-22-15(21)13-8-12(20-14(18-13)6-7-16-20)5-4-11-9-17-19(2)10-11/h6-10H,3-5H2,1-2H3. The molecule has 3 heterocycles. The lowest BCUT2D eigenvalue weighted by Gasteiger charge is -2.07. The summed E-state index contributed by atoms with van der Waals surface area (Å²) in [6.45, 7) is 2.11. The molecule has 0 amide bonds. The number of carbonyl (C=O) groups excluding carboxylic acids is 1. The Hall–Kier alpha value is -2.70. The summed E-state index contributed by atoms with van der Waals surface area (Å²) in [5.74, 6) is -0.408. The maximum atomic E-state index is 11.9. The maximum absolute atomic E-state index is 11.9. The lowest BCUT2D eigenvalue weighted by molar-refractivity contribution is 0.0519. The van der Waals surface area contributed by atoms with Crippen molar-refractivity contribution in [1.82, 2.24) is 24.4 Å². The van der Waals surface area contributed by atoms with E-state index in [2.05, 4.69) is 15.2 Å². The Morgan fingerprint density at radius 2 is 2.18 bits per heavy atom. The molecule has 0 atom stereocenters. The molecule has 3 aromatic heterocycles. The van der Waals surface area contributed by atoms with Crippen molar-refractivity contribution >= 4 is 11.6 Å². The second kappa shape index (κ2) is 5.97. The van der Waals surface area contributed by atoms with Gasteiger partial charge in [0.1, 0.15) is 0 Å². The smallest absolute Gasteiger partial charge is 0.357 e. The fraction of sp³-hybridized carbons (Fsp3) is 0.333. The van der Waals surface area contributed by atoms with Gasteiger partial charge in [-0.15, -0.1) is 0 Å². The SMILES string of the molecule is CCOC(=O)c1cc(CCc2cnn(C)c2)n2nccc2n1. The van der Waals surface area contributed by atoms with Crippen molar-refractivity contribution in [2.75, 3.05) is 6.61 Å². The molecular weight excluding hydrogens is 282 g/mol. The predicted octanol–water partition coefficient (Wildman–Crippen LogP) is 1.42. The molecule has 0 unspecified atom stereocenters. The quantitative estimate of drug-likeness (QED) is 0.666. The van der Waals surface area contributed by atoms with Crippen LogP contribution in [0.3, 0.4) is 0 Å². The van der Waals surface area contributed by atoms with Crippen molar-refractivity contribution < 1.29 is 9.53 Å². The van der Waals surface area contributed by atoms with Gasteiger partial charge >= 0.3 is 5.97 Å². The summed E-state index contributed by atoms with van der Waals surface area (Å²) in [6, 6.07) is 3.52. The summed E-state index contributed by atoms with van der Waals surface area (Å²) >= 11 is 0. The van der Waals surface area contributed by atoms with Gasteiger partial charge in [-0.05, 0) is 31.4 Å². The molecule has 7 nitrogen and oxygen atoms in total.